The summed E-state index contributed by atoms with van der Waals surface area (Å²) in [5.41, 5.74) is 2.17. The van der Waals surface area contributed by atoms with Gasteiger partial charge in [-0.05, 0) is 42.1 Å². The summed E-state index contributed by atoms with van der Waals surface area (Å²) < 4.78 is 8.75. The van der Waals surface area contributed by atoms with E-state index < -0.39 is 0 Å². The number of hydrogen-bond acceptors (Lipinski definition) is 2. The second kappa shape index (κ2) is 6.40. The first kappa shape index (κ1) is 13.7. The Morgan fingerprint density at radius 1 is 1.44 bits per heavy atom. The summed E-state index contributed by atoms with van der Waals surface area (Å²) in [6, 6.07) is 0. The molecule has 0 amide bonds. The molecule has 1 rings (SSSR count). The van der Waals surface area contributed by atoms with Crippen molar-refractivity contribution in [3.05, 3.63) is 15.9 Å². The molecule has 0 aliphatic carbocycles. The third kappa shape index (κ3) is 3.59. The van der Waals surface area contributed by atoms with Gasteiger partial charge in [0.05, 0.1) is 22.5 Å². The molecule has 0 spiro atoms. The Hall–Kier alpha value is -0.350. The normalized spacial score (nSPS) is 11.4. The van der Waals surface area contributed by atoms with Crippen molar-refractivity contribution < 1.29 is 4.74 Å². The zero-order valence-corrected chi connectivity index (χ0v) is 12.2. The van der Waals surface area contributed by atoms with Crippen molar-refractivity contribution >= 4 is 15.9 Å². The van der Waals surface area contributed by atoms with Gasteiger partial charge in [0.15, 0.2) is 0 Å². The molecule has 0 radical (unpaired) electrons. The van der Waals surface area contributed by atoms with Crippen molar-refractivity contribution in [3.63, 3.8) is 0 Å². The van der Waals surface area contributed by atoms with Crippen LogP contribution in [0.25, 0.3) is 0 Å². The van der Waals surface area contributed by atoms with Crippen LogP contribution in [0.2, 0.25) is 0 Å². The van der Waals surface area contributed by atoms with E-state index in [0.29, 0.717) is 12.5 Å². The first-order valence-electron chi connectivity index (χ1n) is 5.85. The molecule has 0 N–H and O–H groups in total. The lowest BCUT2D eigenvalue weighted by molar-refractivity contribution is 0.105. The first-order chi connectivity index (χ1) is 7.56. The van der Waals surface area contributed by atoms with E-state index in [1.165, 1.54) is 0 Å². The number of halogens is 1. The number of nitrogens with zero attached hydrogens (tertiary/aromatic N) is 2. The highest BCUT2D eigenvalue weighted by Gasteiger charge is 2.11. The molecule has 92 valence electrons. The fourth-order valence-corrected chi connectivity index (χ4v) is 1.89. The van der Waals surface area contributed by atoms with E-state index in [1.807, 2.05) is 11.6 Å². The number of aryl methyl sites for hydroxylation is 2. The Bertz CT molecular complexity index is 334. The summed E-state index contributed by atoms with van der Waals surface area (Å²) in [7, 11) is 0. The molecule has 4 heteroatoms. The Labute approximate surface area is 106 Å². The number of hydrogen-bond donors (Lipinski definition) is 0. The van der Waals surface area contributed by atoms with Gasteiger partial charge in [0.2, 0.25) is 0 Å². The fraction of sp³-hybridized carbons (Fsp3) is 0.750. The molecule has 0 saturated carbocycles. The summed E-state index contributed by atoms with van der Waals surface area (Å²) in [5.74, 6) is 0.696. The topological polar surface area (TPSA) is 27.1 Å². The van der Waals surface area contributed by atoms with Crippen LogP contribution < -0.4 is 0 Å². The van der Waals surface area contributed by atoms with E-state index >= 15 is 0 Å². The molecule has 0 saturated heterocycles. The highest BCUT2D eigenvalue weighted by molar-refractivity contribution is 9.10. The Morgan fingerprint density at radius 3 is 2.69 bits per heavy atom. The van der Waals surface area contributed by atoms with Crippen LogP contribution in [0.15, 0.2) is 4.47 Å². The average Bonchev–Trinajstić information content (AvgIpc) is 2.50. The fourth-order valence-electron chi connectivity index (χ4n) is 1.49. The molecule has 3 nitrogen and oxygen atoms in total. The Balaban J connectivity index is 2.52. The summed E-state index contributed by atoms with van der Waals surface area (Å²) in [6.07, 6.45) is 1.11. The van der Waals surface area contributed by atoms with Gasteiger partial charge in [0, 0.05) is 13.2 Å². The predicted octanol–water partition coefficient (Wildman–Crippen LogP) is 3.54. The van der Waals surface area contributed by atoms with Crippen LogP contribution in [0.5, 0.6) is 0 Å². The lowest BCUT2D eigenvalue weighted by Gasteiger charge is -2.08. The molecule has 0 aliphatic heterocycles. The van der Waals surface area contributed by atoms with Crippen LogP contribution in [-0.4, -0.2) is 16.4 Å². The molecule has 1 heterocycles. The molecule has 1 aromatic rings. The Morgan fingerprint density at radius 2 is 2.12 bits per heavy atom. The maximum Gasteiger partial charge on any atom is 0.0896 e. The quantitative estimate of drug-likeness (QED) is 0.749. The zero-order valence-electron chi connectivity index (χ0n) is 10.6. The first-order valence-corrected chi connectivity index (χ1v) is 6.65. The molecule has 0 aliphatic rings. The largest absolute Gasteiger partial charge is 0.375 e. The van der Waals surface area contributed by atoms with Gasteiger partial charge in [0.25, 0.3) is 0 Å². The molecule has 0 unspecified atom stereocenters. The van der Waals surface area contributed by atoms with Crippen molar-refractivity contribution in [1.82, 2.24) is 9.78 Å². The average molecular weight is 289 g/mol. The third-order valence-corrected chi connectivity index (χ3v) is 3.56. The van der Waals surface area contributed by atoms with Crippen molar-refractivity contribution in [1.29, 1.82) is 0 Å². The predicted molar refractivity (Wildman–Crippen MR) is 69.4 cm³/mol. The molecular weight excluding hydrogens is 268 g/mol. The lowest BCUT2D eigenvalue weighted by Crippen LogP contribution is -2.06. The highest BCUT2D eigenvalue weighted by atomic mass is 79.9. The summed E-state index contributed by atoms with van der Waals surface area (Å²) in [4.78, 5) is 0. The van der Waals surface area contributed by atoms with Gasteiger partial charge < -0.3 is 4.74 Å². The number of rotatable bonds is 6. The molecule has 0 fully saturated rings. The van der Waals surface area contributed by atoms with Gasteiger partial charge >= 0.3 is 0 Å². The van der Waals surface area contributed by atoms with Crippen molar-refractivity contribution in [2.24, 2.45) is 5.92 Å². The summed E-state index contributed by atoms with van der Waals surface area (Å²) in [5, 5.41) is 4.43. The van der Waals surface area contributed by atoms with Crippen molar-refractivity contribution in [2.45, 2.75) is 47.3 Å². The van der Waals surface area contributed by atoms with E-state index in [1.54, 1.807) is 0 Å². The summed E-state index contributed by atoms with van der Waals surface area (Å²) >= 11 is 3.56. The molecule has 1 aromatic heterocycles. The van der Waals surface area contributed by atoms with Gasteiger partial charge in [-0.1, -0.05) is 13.8 Å². The van der Waals surface area contributed by atoms with Crippen LogP contribution in [0.1, 0.15) is 38.6 Å². The third-order valence-electron chi connectivity index (χ3n) is 2.53. The van der Waals surface area contributed by atoms with Crippen LogP contribution in [-0.2, 0) is 17.9 Å². The molecule has 16 heavy (non-hydrogen) atoms. The van der Waals surface area contributed by atoms with Gasteiger partial charge in [-0.3, -0.25) is 4.68 Å². The van der Waals surface area contributed by atoms with Crippen LogP contribution in [0.3, 0.4) is 0 Å². The van der Waals surface area contributed by atoms with E-state index in [-0.39, 0.29) is 0 Å². The standard InChI is InChI=1S/C12H21BrN2O/c1-5-15-11(12(13)10(4)14-15)8-16-7-6-9(2)3/h9H,5-8H2,1-4H3. The smallest absolute Gasteiger partial charge is 0.0896 e. The monoisotopic (exact) mass is 288 g/mol. The van der Waals surface area contributed by atoms with Gasteiger partial charge in [-0.2, -0.15) is 5.10 Å². The number of ether oxygens (including phenoxy) is 1. The van der Waals surface area contributed by atoms with Crippen molar-refractivity contribution in [3.8, 4) is 0 Å². The van der Waals surface area contributed by atoms with Crippen LogP contribution in [0.4, 0.5) is 0 Å². The van der Waals surface area contributed by atoms with E-state index in [2.05, 4.69) is 41.8 Å². The molecule has 0 aromatic carbocycles. The lowest BCUT2D eigenvalue weighted by atomic mass is 10.1. The second-order valence-electron chi connectivity index (χ2n) is 4.40. The minimum atomic E-state index is 0.641. The minimum Gasteiger partial charge on any atom is -0.375 e. The molecule has 0 atom stereocenters. The van der Waals surface area contributed by atoms with E-state index in [0.717, 1.165) is 35.4 Å². The van der Waals surface area contributed by atoms with E-state index in [4.69, 9.17) is 4.74 Å². The number of aromatic nitrogens is 2. The maximum absolute atomic E-state index is 5.68. The highest BCUT2D eigenvalue weighted by Crippen LogP contribution is 2.21. The maximum atomic E-state index is 5.68. The molecule has 0 bridgehead atoms. The summed E-state index contributed by atoms with van der Waals surface area (Å²) in [6.45, 7) is 10.9. The van der Waals surface area contributed by atoms with Gasteiger partial charge in [0.1, 0.15) is 0 Å². The van der Waals surface area contributed by atoms with E-state index in [9.17, 15) is 0 Å². The van der Waals surface area contributed by atoms with Crippen molar-refractivity contribution in [2.75, 3.05) is 6.61 Å². The minimum absolute atomic E-state index is 0.641. The van der Waals surface area contributed by atoms with Gasteiger partial charge in [-0.15, -0.1) is 0 Å². The SMILES string of the molecule is CCn1nc(C)c(Br)c1COCCC(C)C. The zero-order chi connectivity index (χ0) is 12.1. The van der Waals surface area contributed by atoms with Gasteiger partial charge in [-0.25, -0.2) is 0 Å². The van der Waals surface area contributed by atoms with Crippen LogP contribution in [0, 0.1) is 12.8 Å². The second-order valence-corrected chi connectivity index (χ2v) is 5.19. The van der Waals surface area contributed by atoms with Crippen LogP contribution >= 0.6 is 15.9 Å². The Kier molecular flexibility index (Phi) is 5.49. The molecular formula is C12H21BrN2O.